The van der Waals surface area contributed by atoms with E-state index in [-0.39, 0.29) is 25.6 Å². The van der Waals surface area contributed by atoms with E-state index >= 15 is 0 Å². The van der Waals surface area contributed by atoms with Crippen LogP contribution in [-0.2, 0) is 6.61 Å². The molecule has 0 radical (unpaired) electrons. The van der Waals surface area contributed by atoms with Crippen molar-refractivity contribution in [2.75, 3.05) is 13.2 Å². The Morgan fingerprint density at radius 1 is 1.06 bits per heavy atom. The number of aliphatic hydroxyl groups is 2. The molecule has 4 rings (SSSR count). The summed E-state index contributed by atoms with van der Waals surface area (Å²) in [6.07, 6.45) is 3.36. The molecule has 3 aromatic rings. The normalized spacial score (nSPS) is 14.3. The predicted octanol–water partition coefficient (Wildman–Crippen LogP) is 4.69. The molecule has 168 valence electrons. The van der Waals surface area contributed by atoms with Gasteiger partial charge in [-0.15, -0.1) is 0 Å². The van der Waals surface area contributed by atoms with Gasteiger partial charge in [0.1, 0.15) is 30.9 Å². The van der Waals surface area contributed by atoms with E-state index in [0.717, 1.165) is 22.3 Å². The number of rotatable bonds is 9. The minimum absolute atomic E-state index is 0.0163. The van der Waals surface area contributed by atoms with Crippen LogP contribution in [0, 0.1) is 19.7 Å². The predicted molar refractivity (Wildman–Crippen MR) is 120 cm³/mol. The molecule has 5 nitrogen and oxygen atoms in total. The minimum Gasteiger partial charge on any atom is -0.491 e. The van der Waals surface area contributed by atoms with Gasteiger partial charge in [-0.25, -0.2) is 9.37 Å². The van der Waals surface area contributed by atoms with Crippen LogP contribution in [0.3, 0.4) is 0 Å². The zero-order valence-electron chi connectivity index (χ0n) is 18.3. The molecule has 1 aliphatic rings. The first-order valence-corrected chi connectivity index (χ1v) is 10.8. The van der Waals surface area contributed by atoms with Gasteiger partial charge in [-0.05, 0) is 84.7 Å². The zero-order valence-corrected chi connectivity index (χ0v) is 18.3. The number of pyridine rings is 1. The Kier molecular flexibility index (Phi) is 6.72. The fourth-order valence-corrected chi connectivity index (χ4v) is 3.84. The molecule has 0 saturated heterocycles. The van der Waals surface area contributed by atoms with E-state index in [4.69, 9.17) is 14.6 Å². The van der Waals surface area contributed by atoms with Gasteiger partial charge in [0.2, 0.25) is 5.88 Å². The number of hydrogen-bond donors (Lipinski definition) is 2. The van der Waals surface area contributed by atoms with Crippen molar-refractivity contribution in [3.63, 3.8) is 0 Å². The molecule has 6 heteroatoms. The highest BCUT2D eigenvalue weighted by molar-refractivity contribution is 5.72. The second-order valence-electron chi connectivity index (χ2n) is 8.38. The van der Waals surface area contributed by atoms with Gasteiger partial charge < -0.3 is 19.7 Å². The van der Waals surface area contributed by atoms with Gasteiger partial charge in [0, 0.05) is 17.8 Å². The highest BCUT2D eigenvalue weighted by Gasteiger charge is 2.23. The van der Waals surface area contributed by atoms with Crippen molar-refractivity contribution >= 4 is 0 Å². The monoisotopic (exact) mass is 437 g/mol. The molecule has 0 amide bonds. The molecule has 2 N–H and O–H groups in total. The van der Waals surface area contributed by atoms with E-state index < -0.39 is 6.10 Å². The molecule has 0 bridgehead atoms. The summed E-state index contributed by atoms with van der Waals surface area (Å²) in [5.41, 5.74) is 5.51. The summed E-state index contributed by atoms with van der Waals surface area (Å²) in [7, 11) is 0. The Labute approximate surface area is 187 Å². The quantitative estimate of drug-likeness (QED) is 0.508. The van der Waals surface area contributed by atoms with Crippen LogP contribution in [0.1, 0.15) is 41.0 Å². The molecule has 0 spiro atoms. The molecular formula is C26H28FNO4. The van der Waals surface area contributed by atoms with Gasteiger partial charge in [0.05, 0.1) is 6.61 Å². The van der Waals surface area contributed by atoms with Gasteiger partial charge in [-0.2, -0.15) is 0 Å². The van der Waals surface area contributed by atoms with Gasteiger partial charge >= 0.3 is 0 Å². The van der Waals surface area contributed by atoms with E-state index in [0.29, 0.717) is 23.1 Å². The number of benzene rings is 2. The van der Waals surface area contributed by atoms with Crippen LogP contribution in [0.25, 0.3) is 11.1 Å². The Balaban J connectivity index is 1.50. The fourth-order valence-electron chi connectivity index (χ4n) is 3.84. The lowest BCUT2D eigenvalue weighted by molar-refractivity contribution is 0.0536. The standard InChI is InChI=1S/C26H28FNO4/c1-16-9-23(31-15-22(30)13-29)10-17(2)26(16)19-5-7-24(27)21(11-19)14-32-25-8-6-20(12-28-25)18-3-4-18/h5-12,18,22,29-30H,3-4,13-15H2,1-2H3. The number of aromatic nitrogens is 1. The van der Waals surface area contributed by atoms with E-state index in [1.807, 2.05) is 44.3 Å². The molecule has 1 aliphatic carbocycles. The first kappa shape index (κ1) is 22.2. The lowest BCUT2D eigenvalue weighted by atomic mass is 9.94. The van der Waals surface area contributed by atoms with E-state index in [9.17, 15) is 9.50 Å². The topological polar surface area (TPSA) is 71.8 Å². The summed E-state index contributed by atoms with van der Waals surface area (Å²) in [4.78, 5) is 4.35. The van der Waals surface area contributed by atoms with E-state index in [1.54, 1.807) is 12.1 Å². The van der Waals surface area contributed by atoms with Crippen molar-refractivity contribution in [1.29, 1.82) is 0 Å². The summed E-state index contributed by atoms with van der Waals surface area (Å²) in [6.45, 7) is 3.68. The largest absolute Gasteiger partial charge is 0.491 e. The Morgan fingerprint density at radius 2 is 1.81 bits per heavy atom. The van der Waals surface area contributed by atoms with Crippen LogP contribution >= 0.6 is 0 Å². The van der Waals surface area contributed by atoms with E-state index in [1.165, 1.54) is 24.5 Å². The summed E-state index contributed by atoms with van der Waals surface area (Å²) in [5, 5.41) is 18.4. The van der Waals surface area contributed by atoms with Crippen LogP contribution in [0.5, 0.6) is 11.6 Å². The van der Waals surface area contributed by atoms with Crippen molar-refractivity contribution in [1.82, 2.24) is 4.98 Å². The third-order valence-electron chi connectivity index (χ3n) is 5.68. The summed E-state index contributed by atoms with van der Waals surface area (Å²) < 4.78 is 25.8. The number of halogens is 1. The second-order valence-corrected chi connectivity index (χ2v) is 8.38. The molecule has 32 heavy (non-hydrogen) atoms. The second kappa shape index (κ2) is 9.67. The van der Waals surface area contributed by atoms with Crippen LogP contribution in [0.15, 0.2) is 48.7 Å². The van der Waals surface area contributed by atoms with Crippen molar-refractivity contribution in [3.8, 4) is 22.8 Å². The molecule has 1 atom stereocenters. The number of ether oxygens (including phenoxy) is 2. The van der Waals surface area contributed by atoms with Crippen molar-refractivity contribution < 1.29 is 24.1 Å². The Morgan fingerprint density at radius 3 is 2.44 bits per heavy atom. The third-order valence-corrected chi connectivity index (χ3v) is 5.68. The highest BCUT2D eigenvalue weighted by Crippen LogP contribution is 2.40. The first-order chi connectivity index (χ1) is 15.4. The van der Waals surface area contributed by atoms with Gasteiger partial charge in [0.25, 0.3) is 0 Å². The SMILES string of the molecule is Cc1cc(OCC(O)CO)cc(C)c1-c1ccc(F)c(COc2ccc(C3CC3)cn2)c1. The van der Waals surface area contributed by atoms with Gasteiger partial charge in [0.15, 0.2) is 0 Å². The minimum atomic E-state index is -0.922. The number of nitrogens with zero attached hydrogens (tertiary/aromatic N) is 1. The van der Waals surface area contributed by atoms with Crippen LogP contribution in [0.2, 0.25) is 0 Å². The Hall–Kier alpha value is -2.96. The maximum atomic E-state index is 14.5. The molecular weight excluding hydrogens is 409 g/mol. The summed E-state index contributed by atoms with van der Waals surface area (Å²) in [6, 6.07) is 12.6. The number of aliphatic hydroxyl groups excluding tert-OH is 2. The lowest BCUT2D eigenvalue weighted by Gasteiger charge is -2.16. The first-order valence-electron chi connectivity index (χ1n) is 10.8. The molecule has 1 aromatic heterocycles. The lowest BCUT2D eigenvalue weighted by Crippen LogP contribution is -2.21. The smallest absolute Gasteiger partial charge is 0.213 e. The summed E-state index contributed by atoms with van der Waals surface area (Å²) in [5.74, 6) is 1.41. The van der Waals surface area contributed by atoms with Crippen LogP contribution in [0.4, 0.5) is 4.39 Å². The molecule has 1 unspecified atom stereocenters. The average molecular weight is 438 g/mol. The fraction of sp³-hybridized carbons (Fsp3) is 0.346. The molecule has 1 heterocycles. The maximum Gasteiger partial charge on any atom is 0.213 e. The molecule has 1 saturated carbocycles. The van der Waals surface area contributed by atoms with E-state index in [2.05, 4.69) is 4.98 Å². The van der Waals surface area contributed by atoms with Gasteiger partial charge in [-0.1, -0.05) is 12.1 Å². The van der Waals surface area contributed by atoms with Crippen LogP contribution in [-0.4, -0.2) is 34.5 Å². The molecule has 1 fully saturated rings. The Bertz CT molecular complexity index is 1060. The van der Waals surface area contributed by atoms with Crippen molar-refractivity contribution in [2.45, 2.75) is 45.3 Å². The number of hydrogen-bond acceptors (Lipinski definition) is 5. The van der Waals surface area contributed by atoms with Crippen molar-refractivity contribution in [3.05, 3.63) is 76.7 Å². The molecule has 0 aliphatic heterocycles. The summed E-state index contributed by atoms with van der Waals surface area (Å²) >= 11 is 0. The third kappa shape index (κ3) is 5.26. The zero-order chi connectivity index (χ0) is 22.7. The van der Waals surface area contributed by atoms with Gasteiger partial charge in [-0.3, -0.25) is 0 Å². The maximum absolute atomic E-state index is 14.5. The highest BCUT2D eigenvalue weighted by atomic mass is 19.1. The van der Waals surface area contributed by atoms with Crippen molar-refractivity contribution in [2.24, 2.45) is 0 Å². The molecule has 2 aromatic carbocycles. The average Bonchev–Trinajstić information content (AvgIpc) is 3.63. The number of aryl methyl sites for hydroxylation is 2. The van der Waals surface area contributed by atoms with Crippen LogP contribution < -0.4 is 9.47 Å².